The maximum Gasteiger partial charge on any atom is 0.419 e. The minimum atomic E-state index is -4.59. The van der Waals surface area contributed by atoms with Crippen LogP contribution in [0.2, 0.25) is 0 Å². The molecular formula is C26H21F5N6O2. The summed E-state index contributed by atoms with van der Waals surface area (Å²) in [6.07, 6.45) is -3.29. The van der Waals surface area contributed by atoms with E-state index < -0.39 is 41.0 Å². The van der Waals surface area contributed by atoms with Crippen LogP contribution < -0.4 is 10.9 Å². The average Bonchev–Trinajstić information content (AvgIpc) is 3.26. The molecule has 0 radical (unpaired) electrons. The van der Waals surface area contributed by atoms with Crippen molar-refractivity contribution < 1.29 is 26.7 Å². The van der Waals surface area contributed by atoms with Gasteiger partial charge in [0, 0.05) is 30.7 Å². The average molecular weight is 544 g/mol. The zero-order valence-corrected chi connectivity index (χ0v) is 20.4. The number of H-pyrrole nitrogens is 1. The third-order valence-electron chi connectivity index (χ3n) is 6.68. The van der Waals surface area contributed by atoms with E-state index in [1.54, 1.807) is 0 Å². The molecule has 202 valence electrons. The molecule has 2 aromatic carbocycles. The number of nitrogens with one attached hydrogen (secondary N) is 2. The molecular weight excluding hydrogens is 523 g/mol. The molecule has 0 aliphatic carbocycles. The van der Waals surface area contributed by atoms with Crippen molar-refractivity contribution in [3.05, 3.63) is 93.2 Å². The summed E-state index contributed by atoms with van der Waals surface area (Å²) in [6.45, 7) is 2.12. The van der Waals surface area contributed by atoms with Gasteiger partial charge in [0.1, 0.15) is 17.8 Å². The fourth-order valence-corrected chi connectivity index (χ4v) is 4.60. The molecule has 13 heteroatoms. The van der Waals surface area contributed by atoms with Gasteiger partial charge in [-0.3, -0.25) is 9.59 Å². The Labute approximate surface area is 217 Å². The summed E-state index contributed by atoms with van der Waals surface area (Å²) in [6, 6.07) is 7.75. The molecule has 5 rings (SSSR count). The fraction of sp³-hybridized carbons (Fsp3) is 0.269. The number of carbonyl (C=O) groups is 1. The Morgan fingerprint density at radius 1 is 1.10 bits per heavy atom. The molecule has 1 unspecified atom stereocenters. The molecule has 1 amide bonds. The molecule has 2 atom stereocenters. The van der Waals surface area contributed by atoms with E-state index >= 15 is 0 Å². The van der Waals surface area contributed by atoms with Gasteiger partial charge >= 0.3 is 6.18 Å². The Hall–Kier alpha value is -4.42. The summed E-state index contributed by atoms with van der Waals surface area (Å²) >= 11 is 0. The van der Waals surface area contributed by atoms with Crippen molar-refractivity contribution in [2.75, 3.05) is 11.9 Å². The highest BCUT2D eigenvalue weighted by Crippen LogP contribution is 2.30. The van der Waals surface area contributed by atoms with E-state index in [0.717, 1.165) is 12.1 Å². The third kappa shape index (κ3) is 5.29. The van der Waals surface area contributed by atoms with E-state index in [9.17, 15) is 31.5 Å². The first kappa shape index (κ1) is 26.2. The third-order valence-corrected chi connectivity index (χ3v) is 6.68. The summed E-state index contributed by atoms with van der Waals surface area (Å²) in [7, 11) is 0. The molecule has 4 aromatic rings. The van der Waals surface area contributed by atoms with E-state index in [1.807, 2.05) is 6.92 Å². The normalized spacial score (nSPS) is 17.5. The van der Waals surface area contributed by atoms with Crippen LogP contribution in [0.4, 0.5) is 27.9 Å². The molecule has 1 fully saturated rings. The number of aromatic nitrogens is 4. The molecule has 2 aromatic heterocycles. The Kier molecular flexibility index (Phi) is 6.74. The van der Waals surface area contributed by atoms with Crippen LogP contribution in [0.15, 0.2) is 53.6 Å². The number of benzene rings is 2. The van der Waals surface area contributed by atoms with Gasteiger partial charge in [0.2, 0.25) is 5.95 Å². The van der Waals surface area contributed by atoms with E-state index in [4.69, 9.17) is 0 Å². The van der Waals surface area contributed by atoms with Crippen molar-refractivity contribution in [1.82, 2.24) is 25.1 Å². The van der Waals surface area contributed by atoms with Gasteiger partial charge in [-0.1, -0.05) is 13.0 Å². The number of anilines is 1. The van der Waals surface area contributed by atoms with E-state index in [-0.39, 0.29) is 35.8 Å². The van der Waals surface area contributed by atoms with Gasteiger partial charge < -0.3 is 10.2 Å². The van der Waals surface area contributed by atoms with Crippen LogP contribution in [0, 0.1) is 17.6 Å². The lowest BCUT2D eigenvalue weighted by atomic mass is 10.0. The molecule has 0 spiro atoms. The van der Waals surface area contributed by atoms with Crippen LogP contribution in [0.5, 0.6) is 0 Å². The Bertz CT molecular complexity index is 1610. The van der Waals surface area contributed by atoms with Crippen LogP contribution in [0.25, 0.3) is 10.8 Å². The minimum absolute atomic E-state index is 0.0961. The van der Waals surface area contributed by atoms with Gasteiger partial charge in [-0.15, -0.1) is 0 Å². The second kappa shape index (κ2) is 10.0. The smallest absolute Gasteiger partial charge is 0.334 e. The van der Waals surface area contributed by atoms with Gasteiger partial charge in [-0.2, -0.15) is 18.3 Å². The fourth-order valence-electron chi connectivity index (χ4n) is 4.60. The number of likely N-dealkylation sites (tertiary alicyclic amines) is 1. The topological polar surface area (TPSA) is 104 Å². The van der Waals surface area contributed by atoms with Crippen LogP contribution in [0.3, 0.4) is 0 Å². The lowest BCUT2D eigenvalue weighted by molar-refractivity contribution is -0.138. The summed E-state index contributed by atoms with van der Waals surface area (Å²) in [5, 5.41) is 9.81. The summed E-state index contributed by atoms with van der Waals surface area (Å²) in [4.78, 5) is 34.3. The van der Waals surface area contributed by atoms with Crippen molar-refractivity contribution in [3.8, 4) is 0 Å². The molecule has 39 heavy (non-hydrogen) atoms. The van der Waals surface area contributed by atoms with E-state index in [1.165, 1.54) is 29.2 Å². The lowest BCUT2D eigenvalue weighted by Gasteiger charge is -2.28. The molecule has 1 aliphatic heterocycles. The molecule has 1 aliphatic rings. The molecule has 1 saturated heterocycles. The van der Waals surface area contributed by atoms with Crippen LogP contribution in [-0.2, 0) is 12.6 Å². The number of fused-ring (bicyclic) bond motifs is 1. The van der Waals surface area contributed by atoms with Gasteiger partial charge in [0.05, 0.1) is 22.2 Å². The molecule has 8 nitrogen and oxygen atoms in total. The largest absolute Gasteiger partial charge is 0.419 e. The first-order chi connectivity index (χ1) is 18.5. The predicted octanol–water partition coefficient (Wildman–Crippen LogP) is 4.52. The maximum absolute atomic E-state index is 14.9. The number of nitrogens with zero attached hydrogens (tertiary/aromatic N) is 4. The van der Waals surface area contributed by atoms with E-state index in [2.05, 4.69) is 25.5 Å². The lowest BCUT2D eigenvalue weighted by Crippen LogP contribution is -2.43. The number of hydrogen-bond donors (Lipinski definition) is 2. The summed E-state index contributed by atoms with van der Waals surface area (Å²) < 4.78 is 67.0. The monoisotopic (exact) mass is 544 g/mol. The molecule has 3 heterocycles. The minimum Gasteiger partial charge on any atom is -0.334 e. The predicted molar refractivity (Wildman–Crippen MR) is 131 cm³/mol. The van der Waals surface area contributed by atoms with Crippen molar-refractivity contribution in [2.24, 2.45) is 5.92 Å². The molecule has 0 saturated carbocycles. The van der Waals surface area contributed by atoms with Gasteiger partial charge in [0.15, 0.2) is 0 Å². The quantitative estimate of drug-likeness (QED) is 0.358. The number of halogens is 5. The van der Waals surface area contributed by atoms with Gasteiger partial charge in [-0.05, 0) is 48.2 Å². The zero-order valence-electron chi connectivity index (χ0n) is 20.4. The van der Waals surface area contributed by atoms with Crippen LogP contribution in [-0.4, -0.2) is 43.7 Å². The molecule has 0 bridgehead atoms. The maximum atomic E-state index is 14.9. The Morgan fingerprint density at radius 2 is 1.85 bits per heavy atom. The number of rotatable bonds is 5. The Balaban J connectivity index is 1.40. The van der Waals surface area contributed by atoms with Crippen LogP contribution >= 0.6 is 0 Å². The summed E-state index contributed by atoms with van der Waals surface area (Å²) in [5.41, 5.74) is -0.839. The van der Waals surface area contributed by atoms with Crippen molar-refractivity contribution in [1.29, 1.82) is 0 Å². The van der Waals surface area contributed by atoms with Crippen molar-refractivity contribution >= 4 is 22.6 Å². The van der Waals surface area contributed by atoms with Crippen molar-refractivity contribution in [3.63, 3.8) is 0 Å². The van der Waals surface area contributed by atoms with Gasteiger partial charge in [-0.25, -0.2) is 23.8 Å². The highest BCUT2D eigenvalue weighted by molar-refractivity contribution is 5.95. The standard InChI is InChI=1S/C26H21F5N6O2/c1-13-6-7-37(22(13)34-25-32-11-15(12-33-25)26(29,30)31)24(39)19-8-14(2-5-20(19)28)9-21-17-4-3-16(27)10-18(17)23(38)36-35-21/h2-5,8,10-13,22H,6-7,9H2,1H3,(H,36,38)(H,32,33,34)/t13?,22-/m1/s1. The van der Waals surface area contributed by atoms with E-state index in [0.29, 0.717) is 35.5 Å². The number of hydrogen-bond acceptors (Lipinski definition) is 6. The second-order valence-electron chi connectivity index (χ2n) is 9.33. The SMILES string of the molecule is CC1CCN(C(=O)c2cc(Cc3n[nH]c(=O)c4cc(F)ccc34)ccc2F)[C@H]1Nc1ncc(C(F)(F)F)cn1. The first-order valence-electron chi connectivity index (χ1n) is 11.9. The number of carbonyl (C=O) groups excluding carboxylic acids is 1. The first-order valence-corrected chi connectivity index (χ1v) is 11.9. The number of alkyl halides is 3. The highest BCUT2D eigenvalue weighted by Gasteiger charge is 2.37. The molecule has 2 N–H and O–H groups in total. The Morgan fingerprint density at radius 3 is 2.56 bits per heavy atom. The number of amides is 1. The van der Waals surface area contributed by atoms with Gasteiger partial charge in [0.25, 0.3) is 11.5 Å². The highest BCUT2D eigenvalue weighted by atomic mass is 19.4. The summed E-state index contributed by atoms with van der Waals surface area (Å²) in [5.74, 6) is -2.17. The zero-order chi connectivity index (χ0) is 27.9. The number of aromatic amines is 1. The second-order valence-corrected chi connectivity index (χ2v) is 9.33. The van der Waals surface area contributed by atoms with Crippen LogP contribution in [0.1, 0.15) is 40.5 Å². The van der Waals surface area contributed by atoms with Crippen molar-refractivity contribution in [2.45, 2.75) is 32.1 Å².